The number of aliphatic imine (C=N–C) groups is 2. The Bertz CT molecular complexity index is 1440. The summed E-state index contributed by atoms with van der Waals surface area (Å²) in [6, 6.07) is 16.7. The molecule has 0 spiro atoms. The zero-order valence-electron chi connectivity index (χ0n) is 21.3. The van der Waals surface area contributed by atoms with Gasteiger partial charge >= 0.3 is 0 Å². The maximum atomic E-state index is 13.1. The number of carbonyl (C=O) groups excluding carboxylic acids is 1. The standard InChI is InChI=1S/C28H29N7O3S/c29-23(22-27(35-13-15-37-16-14-35)39-26(33-22)18-9-6-10-18)38-28(30)34-24-25(36)31-20-12-5-4-11-19(20)21(32-24)17-7-2-1-3-8-17/h1-5,7-8,11-12,18,24,29H,6,9-10,13-16H2,(H2,30,34)(H,31,36). The van der Waals surface area contributed by atoms with Gasteiger partial charge in [0.15, 0.2) is 5.69 Å². The van der Waals surface area contributed by atoms with Crippen molar-refractivity contribution in [3.8, 4) is 0 Å². The number of morpholine rings is 1. The molecule has 1 aliphatic carbocycles. The number of benzene rings is 2. The lowest BCUT2D eigenvalue weighted by Gasteiger charge is -2.28. The average Bonchev–Trinajstić information content (AvgIpc) is 3.30. The summed E-state index contributed by atoms with van der Waals surface area (Å²) in [5.74, 6) is -0.227. The van der Waals surface area contributed by atoms with Crippen LogP contribution in [0.4, 0.5) is 10.7 Å². The van der Waals surface area contributed by atoms with E-state index in [4.69, 9.17) is 25.6 Å². The molecule has 3 aliphatic rings. The van der Waals surface area contributed by atoms with Gasteiger partial charge in [-0.1, -0.05) is 55.0 Å². The number of nitrogens with zero attached hydrogens (tertiary/aromatic N) is 4. The van der Waals surface area contributed by atoms with E-state index >= 15 is 0 Å². The number of ether oxygens (including phenoxy) is 2. The van der Waals surface area contributed by atoms with Crippen LogP contribution in [-0.2, 0) is 14.3 Å². The second kappa shape index (κ2) is 11.0. The van der Waals surface area contributed by atoms with Crippen molar-refractivity contribution in [2.24, 2.45) is 15.7 Å². The number of anilines is 2. The van der Waals surface area contributed by atoms with Crippen LogP contribution in [0.15, 0.2) is 64.6 Å². The van der Waals surface area contributed by atoms with E-state index in [-0.39, 0.29) is 11.9 Å². The molecule has 2 fully saturated rings. The van der Waals surface area contributed by atoms with Crippen molar-refractivity contribution >= 4 is 45.6 Å². The normalized spacial score (nSPS) is 19.8. The third-order valence-corrected chi connectivity index (χ3v) is 8.30. The molecule has 39 heavy (non-hydrogen) atoms. The molecule has 10 nitrogen and oxygen atoms in total. The molecule has 11 heteroatoms. The number of nitrogens with one attached hydrogen (secondary N) is 2. The number of benzodiazepines with no additional fused rings is 1. The third-order valence-electron chi connectivity index (χ3n) is 7.02. The van der Waals surface area contributed by atoms with Gasteiger partial charge in [-0.05, 0) is 18.9 Å². The number of hydrogen-bond donors (Lipinski definition) is 3. The number of carbonyl (C=O) groups is 1. The second-order valence-corrected chi connectivity index (χ2v) is 10.6. The minimum absolute atomic E-state index is 0.204. The average molecular weight is 544 g/mol. The van der Waals surface area contributed by atoms with Gasteiger partial charge in [-0.25, -0.2) is 9.98 Å². The Balaban J connectivity index is 1.28. The predicted octanol–water partition coefficient (Wildman–Crippen LogP) is 3.72. The Labute approximate surface area is 230 Å². The molecule has 1 aromatic heterocycles. The molecule has 200 valence electrons. The van der Waals surface area contributed by atoms with Crippen molar-refractivity contribution < 1.29 is 14.3 Å². The van der Waals surface area contributed by atoms with Crippen molar-refractivity contribution in [2.75, 3.05) is 36.5 Å². The molecule has 1 saturated carbocycles. The Hall–Kier alpha value is -4.09. The summed E-state index contributed by atoms with van der Waals surface area (Å²) < 4.78 is 11.2. The SMILES string of the molecule is N=C(O/C(N)=N/C1N=C(c2ccccc2)c2ccccc2NC1=O)c1nc(C2CCC2)sc1N1CCOCC1. The summed E-state index contributed by atoms with van der Waals surface area (Å²) in [5.41, 5.74) is 9.47. The minimum Gasteiger partial charge on any atom is -0.405 e. The highest BCUT2D eigenvalue weighted by atomic mass is 32.1. The van der Waals surface area contributed by atoms with Crippen LogP contribution in [-0.4, -0.2) is 61.0 Å². The number of aromatic nitrogens is 1. The monoisotopic (exact) mass is 543 g/mol. The zero-order chi connectivity index (χ0) is 26.8. The summed E-state index contributed by atoms with van der Waals surface area (Å²) in [5, 5.41) is 13.5. The smallest absolute Gasteiger partial charge is 0.291 e. The molecule has 2 aliphatic heterocycles. The van der Waals surface area contributed by atoms with Gasteiger partial charge in [0.05, 0.1) is 29.6 Å². The number of rotatable bonds is 5. The quantitative estimate of drug-likeness (QED) is 0.331. The molecule has 1 amide bonds. The van der Waals surface area contributed by atoms with Crippen molar-refractivity contribution in [1.29, 1.82) is 5.41 Å². The van der Waals surface area contributed by atoms with E-state index in [0.29, 0.717) is 36.2 Å². The number of fused-ring (bicyclic) bond motifs is 1. The molecular weight excluding hydrogens is 514 g/mol. The van der Waals surface area contributed by atoms with Crippen molar-refractivity contribution in [1.82, 2.24) is 4.98 Å². The first-order valence-corrected chi connectivity index (χ1v) is 13.9. The van der Waals surface area contributed by atoms with Crippen molar-refractivity contribution in [2.45, 2.75) is 31.3 Å². The van der Waals surface area contributed by atoms with Gasteiger partial charge < -0.3 is 25.4 Å². The van der Waals surface area contributed by atoms with E-state index in [1.807, 2.05) is 54.6 Å². The summed E-state index contributed by atoms with van der Waals surface area (Å²) in [6.45, 7) is 2.68. The van der Waals surface area contributed by atoms with Crippen molar-refractivity contribution in [3.63, 3.8) is 0 Å². The van der Waals surface area contributed by atoms with Crippen LogP contribution in [0.2, 0.25) is 0 Å². The molecule has 6 rings (SSSR count). The molecule has 1 atom stereocenters. The first kappa shape index (κ1) is 25.2. The first-order valence-electron chi connectivity index (χ1n) is 13.0. The number of thiazole rings is 1. The maximum absolute atomic E-state index is 13.1. The summed E-state index contributed by atoms with van der Waals surface area (Å²) in [7, 11) is 0. The van der Waals surface area contributed by atoms with Gasteiger partial charge in [0.1, 0.15) is 5.00 Å². The lowest BCUT2D eigenvalue weighted by molar-refractivity contribution is -0.117. The Kier molecular flexibility index (Phi) is 7.08. The number of amidine groups is 1. The van der Waals surface area contributed by atoms with E-state index in [9.17, 15) is 4.79 Å². The number of nitrogens with two attached hydrogens (primary N) is 1. The molecule has 3 aromatic rings. The van der Waals surface area contributed by atoms with Gasteiger partial charge in [-0.3, -0.25) is 10.2 Å². The third kappa shape index (κ3) is 5.27. The molecular formula is C28H29N7O3S. The van der Waals surface area contributed by atoms with Crippen LogP contribution in [0, 0.1) is 5.41 Å². The summed E-state index contributed by atoms with van der Waals surface area (Å²) in [4.78, 5) is 29.0. The predicted molar refractivity (Wildman–Crippen MR) is 152 cm³/mol. The van der Waals surface area contributed by atoms with Crippen LogP contribution in [0.25, 0.3) is 0 Å². The van der Waals surface area contributed by atoms with Gasteiger partial charge in [0.25, 0.3) is 11.9 Å². The van der Waals surface area contributed by atoms with Gasteiger partial charge in [0, 0.05) is 30.1 Å². The fourth-order valence-corrected chi connectivity index (χ4v) is 6.03. The molecule has 0 radical (unpaired) electrons. The van der Waals surface area contributed by atoms with E-state index in [0.717, 1.165) is 47.1 Å². The fraction of sp³-hybridized carbons (Fsp3) is 0.321. The molecule has 3 heterocycles. The fourth-order valence-electron chi connectivity index (χ4n) is 4.75. The Morgan fingerprint density at radius 3 is 2.62 bits per heavy atom. The van der Waals surface area contributed by atoms with Gasteiger partial charge in [0.2, 0.25) is 12.1 Å². The largest absolute Gasteiger partial charge is 0.405 e. The highest BCUT2D eigenvalue weighted by Gasteiger charge is 2.30. The van der Waals surface area contributed by atoms with Crippen LogP contribution in [0.3, 0.4) is 0 Å². The van der Waals surface area contributed by atoms with Crippen LogP contribution in [0.1, 0.15) is 47.0 Å². The van der Waals surface area contributed by atoms with E-state index in [1.165, 1.54) is 6.42 Å². The zero-order valence-corrected chi connectivity index (χ0v) is 22.1. The van der Waals surface area contributed by atoms with E-state index in [2.05, 4.69) is 20.2 Å². The second-order valence-electron chi connectivity index (χ2n) is 9.58. The Morgan fingerprint density at radius 2 is 1.87 bits per heavy atom. The van der Waals surface area contributed by atoms with E-state index in [1.54, 1.807) is 11.3 Å². The summed E-state index contributed by atoms with van der Waals surface area (Å²) >= 11 is 1.61. The Morgan fingerprint density at radius 1 is 1.13 bits per heavy atom. The number of amides is 1. The molecule has 0 bridgehead atoms. The van der Waals surface area contributed by atoms with Crippen LogP contribution >= 0.6 is 11.3 Å². The molecule has 2 aromatic carbocycles. The minimum atomic E-state index is -1.19. The number of para-hydroxylation sites is 1. The maximum Gasteiger partial charge on any atom is 0.291 e. The summed E-state index contributed by atoms with van der Waals surface area (Å²) in [6.07, 6.45) is 2.21. The lowest BCUT2D eigenvalue weighted by atomic mass is 9.86. The lowest BCUT2D eigenvalue weighted by Crippen LogP contribution is -2.37. The van der Waals surface area contributed by atoms with Crippen molar-refractivity contribution in [3.05, 3.63) is 76.4 Å². The van der Waals surface area contributed by atoms with Crippen LogP contribution in [0.5, 0.6) is 0 Å². The highest BCUT2D eigenvalue weighted by molar-refractivity contribution is 7.16. The number of hydrogen-bond acceptors (Lipinski definition) is 9. The highest BCUT2D eigenvalue weighted by Crippen LogP contribution is 2.42. The topological polar surface area (TPSA) is 138 Å². The molecule has 1 saturated heterocycles. The molecule has 4 N–H and O–H groups in total. The first-order chi connectivity index (χ1) is 19.1. The van der Waals surface area contributed by atoms with Gasteiger partial charge in [-0.15, -0.1) is 11.3 Å². The van der Waals surface area contributed by atoms with Crippen LogP contribution < -0.4 is 16.0 Å². The molecule has 1 unspecified atom stereocenters. The van der Waals surface area contributed by atoms with E-state index < -0.39 is 12.1 Å². The van der Waals surface area contributed by atoms with Gasteiger partial charge in [-0.2, -0.15) is 4.99 Å².